The minimum Gasteiger partial charge on any atom is -0.330 e. The second-order valence-corrected chi connectivity index (χ2v) is 6.49. The standard InChI is InChI=1S/C13H29NO3S/c1-18(15,16)17-13-11-9-7-5-3-2-4-6-8-10-12-14/h2-14H2,1H3. The molecule has 0 aliphatic rings. The molecule has 0 saturated carbocycles. The van der Waals surface area contributed by atoms with Crippen molar-refractivity contribution in [3.63, 3.8) is 0 Å². The van der Waals surface area contributed by atoms with Crippen LogP contribution in [0.4, 0.5) is 0 Å². The van der Waals surface area contributed by atoms with E-state index in [4.69, 9.17) is 5.73 Å². The van der Waals surface area contributed by atoms with Crippen molar-refractivity contribution in [1.29, 1.82) is 0 Å². The summed E-state index contributed by atoms with van der Waals surface area (Å²) in [4.78, 5) is 0. The molecule has 0 rings (SSSR count). The maximum atomic E-state index is 10.7. The molecule has 0 radical (unpaired) electrons. The Hall–Kier alpha value is -0.130. The fraction of sp³-hybridized carbons (Fsp3) is 1.00. The maximum Gasteiger partial charge on any atom is 0.264 e. The molecule has 18 heavy (non-hydrogen) atoms. The van der Waals surface area contributed by atoms with Crippen molar-refractivity contribution in [2.24, 2.45) is 5.73 Å². The van der Waals surface area contributed by atoms with Crippen LogP contribution in [0.2, 0.25) is 0 Å². The molecule has 4 nitrogen and oxygen atoms in total. The molecule has 2 N–H and O–H groups in total. The van der Waals surface area contributed by atoms with Gasteiger partial charge in [0.25, 0.3) is 10.1 Å². The molecule has 0 amide bonds. The van der Waals surface area contributed by atoms with Crippen LogP contribution < -0.4 is 5.73 Å². The molecule has 0 aromatic heterocycles. The van der Waals surface area contributed by atoms with Gasteiger partial charge >= 0.3 is 0 Å². The van der Waals surface area contributed by atoms with Crippen LogP contribution in [0.1, 0.15) is 64.2 Å². The van der Waals surface area contributed by atoms with Gasteiger partial charge in [-0.1, -0.05) is 51.4 Å². The van der Waals surface area contributed by atoms with Crippen molar-refractivity contribution < 1.29 is 12.6 Å². The topological polar surface area (TPSA) is 69.4 Å². The maximum absolute atomic E-state index is 10.7. The molecule has 0 heterocycles. The molecular weight excluding hydrogens is 250 g/mol. The number of nitrogens with two attached hydrogens (primary N) is 1. The van der Waals surface area contributed by atoms with Crippen molar-refractivity contribution in [3.05, 3.63) is 0 Å². The molecule has 0 aliphatic carbocycles. The highest BCUT2D eigenvalue weighted by molar-refractivity contribution is 7.85. The van der Waals surface area contributed by atoms with E-state index < -0.39 is 10.1 Å². The Kier molecular flexibility index (Phi) is 11.8. The zero-order valence-electron chi connectivity index (χ0n) is 11.7. The molecule has 0 spiro atoms. The molecule has 0 unspecified atom stereocenters. The fourth-order valence-corrected chi connectivity index (χ4v) is 2.29. The molecule has 0 saturated heterocycles. The Labute approximate surface area is 112 Å². The monoisotopic (exact) mass is 279 g/mol. The predicted molar refractivity (Wildman–Crippen MR) is 76.0 cm³/mol. The summed E-state index contributed by atoms with van der Waals surface area (Å²) in [5.41, 5.74) is 5.43. The zero-order valence-corrected chi connectivity index (χ0v) is 12.5. The van der Waals surface area contributed by atoms with E-state index >= 15 is 0 Å². The Morgan fingerprint density at radius 2 is 1.17 bits per heavy atom. The lowest BCUT2D eigenvalue weighted by Crippen LogP contribution is -2.03. The highest BCUT2D eigenvalue weighted by Gasteiger charge is 2.00. The van der Waals surface area contributed by atoms with Crippen molar-refractivity contribution in [1.82, 2.24) is 0 Å². The van der Waals surface area contributed by atoms with E-state index in [0.717, 1.165) is 32.1 Å². The van der Waals surface area contributed by atoms with Gasteiger partial charge in [-0.25, -0.2) is 0 Å². The van der Waals surface area contributed by atoms with Crippen LogP contribution >= 0.6 is 0 Å². The molecule has 0 fully saturated rings. The fourth-order valence-electron chi connectivity index (χ4n) is 1.87. The van der Waals surface area contributed by atoms with Crippen LogP contribution in [-0.2, 0) is 14.3 Å². The van der Waals surface area contributed by atoms with Gasteiger partial charge in [0.1, 0.15) is 0 Å². The number of rotatable bonds is 13. The lowest BCUT2D eigenvalue weighted by atomic mass is 10.1. The van der Waals surface area contributed by atoms with Crippen molar-refractivity contribution >= 4 is 10.1 Å². The highest BCUT2D eigenvalue weighted by Crippen LogP contribution is 2.10. The Balaban J connectivity index is 3.03. The van der Waals surface area contributed by atoms with Crippen molar-refractivity contribution in [2.45, 2.75) is 64.2 Å². The molecular formula is C13H29NO3S. The first kappa shape index (κ1) is 17.9. The van der Waals surface area contributed by atoms with Gasteiger partial charge in [0.05, 0.1) is 12.9 Å². The third kappa shape index (κ3) is 15.9. The van der Waals surface area contributed by atoms with Gasteiger partial charge in [0.2, 0.25) is 0 Å². The summed E-state index contributed by atoms with van der Waals surface area (Å²) in [6.07, 6.45) is 13.0. The Morgan fingerprint density at radius 1 is 0.778 bits per heavy atom. The lowest BCUT2D eigenvalue weighted by Gasteiger charge is -2.03. The summed E-state index contributed by atoms with van der Waals surface area (Å²) in [5, 5.41) is 0. The molecule has 5 heteroatoms. The van der Waals surface area contributed by atoms with E-state index in [9.17, 15) is 8.42 Å². The summed E-state index contributed by atoms with van der Waals surface area (Å²) in [6.45, 7) is 1.15. The number of hydrogen-bond donors (Lipinski definition) is 1. The van der Waals surface area contributed by atoms with Crippen LogP contribution in [0.15, 0.2) is 0 Å². The van der Waals surface area contributed by atoms with E-state index in [-0.39, 0.29) is 0 Å². The van der Waals surface area contributed by atoms with Crippen LogP contribution in [0.5, 0.6) is 0 Å². The van der Waals surface area contributed by atoms with E-state index in [2.05, 4.69) is 4.18 Å². The van der Waals surface area contributed by atoms with E-state index in [0.29, 0.717) is 6.61 Å². The van der Waals surface area contributed by atoms with Crippen molar-refractivity contribution in [3.8, 4) is 0 Å². The highest BCUT2D eigenvalue weighted by atomic mass is 32.2. The molecule has 0 aromatic rings. The van der Waals surface area contributed by atoms with E-state index in [1.54, 1.807) is 0 Å². The second-order valence-electron chi connectivity index (χ2n) is 4.85. The van der Waals surface area contributed by atoms with Gasteiger partial charge in [-0.15, -0.1) is 0 Å². The molecule has 0 bridgehead atoms. The summed E-state index contributed by atoms with van der Waals surface area (Å²) < 4.78 is 26.0. The largest absolute Gasteiger partial charge is 0.330 e. The molecule has 110 valence electrons. The quantitative estimate of drug-likeness (QED) is 0.416. The van der Waals surface area contributed by atoms with Crippen LogP contribution in [-0.4, -0.2) is 27.8 Å². The zero-order chi connectivity index (χ0) is 13.7. The normalized spacial score (nSPS) is 11.9. The van der Waals surface area contributed by atoms with Crippen LogP contribution in [0, 0.1) is 0 Å². The molecule has 0 aliphatic heterocycles. The average molecular weight is 279 g/mol. The van der Waals surface area contributed by atoms with Gasteiger partial charge in [-0.3, -0.25) is 4.18 Å². The smallest absolute Gasteiger partial charge is 0.264 e. The second kappa shape index (κ2) is 11.9. The first-order valence-corrected chi connectivity index (χ1v) is 8.92. The predicted octanol–water partition coefficient (Wildman–Crippen LogP) is 2.82. The van der Waals surface area contributed by atoms with Gasteiger partial charge in [-0.2, -0.15) is 8.42 Å². The Morgan fingerprint density at radius 3 is 1.56 bits per heavy atom. The van der Waals surface area contributed by atoms with Crippen molar-refractivity contribution in [2.75, 3.05) is 19.4 Å². The lowest BCUT2D eigenvalue weighted by molar-refractivity contribution is 0.309. The first-order valence-electron chi connectivity index (χ1n) is 7.11. The summed E-state index contributed by atoms with van der Waals surface area (Å²) in [7, 11) is -3.25. The van der Waals surface area contributed by atoms with Crippen LogP contribution in [0.25, 0.3) is 0 Å². The number of unbranched alkanes of at least 4 members (excludes halogenated alkanes) is 9. The summed E-state index contributed by atoms with van der Waals surface area (Å²) in [6, 6.07) is 0. The summed E-state index contributed by atoms with van der Waals surface area (Å²) >= 11 is 0. The Bertz CT molecular complexity index is 265. The van der Waals surface area contributed by atoms with Crippen LogP contribution in [0.3, 0.4) is 0 Å². The van der Waals surface area contributed by atoms with Gasteiger partial charge in [0, 0.05) is 0 Å². The molecule has 0 atom stereocenters. The third-order valence-corrected chi connectivity index (χ3v) is 3.49. The average Bonchev–Trinajstić information content (AvgIpc) is 2.29. The minimum atomic E-state index is -3.25. The summed E-state index contributed by atoms with van der Waals surface area (Å²) in [5.74, 6) is 0. The molecule has 0 aromatic carbocycles. The van der Waals surface area contributed by atoms with Gasteiger partial charge in [-0.05, 0) is 19.4 Å². The third-order valence-electron chi connectivity index (χ3n) is 2.90. The van der Waals surface area contributed by atoms with E-state index in [1.165, 1.54) is 44.9 Å². The first-order chi connectivity index (χ1) is 8.56. The SMILES string of the molecule is CS(=O)(=O)OCCCCCCCCCCCCN. The van der Waals surface area contributed by atoms with Gasteiger partial charge < -0.3 is 5.73 Å². The van der Waals surface area contributed by atoms with Gasteiger partial charge in [0.15, 0.2) is 0 Å². The number of hydrogen-bond acceptors (Lipinski definition) is 4. The van der Waals surface area contributed by atoms with E-state index in [1.807, 2.05) is 0 Å². The minimum absolute atomic E-state index is 0.331.